The topological polar surface area (TPSA) is 49.4 Å². The van der Waals surface area contributed by atoms with E-state index in [2.05, 4.69) is 5.32 Å². The van der Waals surface area contributed by atoms with E-state index in [1.165, 1.54) is 6.92 Å². The SMILES string of the molecule is CC(=O)Nc1cccc2c1N(C(=O)c1ccc(C)cc1C)CC2. The van der Waals surface area contributed by atoms with Crippen LogP contribution in [0.4, 0.5) is 11.4 Å². The van der Waals surface area contributed by atoms with Gasteiger partial charge >= 0.3 is 0 Å². The van der Waals surface area contributed by atoms with Gasteiger partial charge in [0.2, 0.25) is 5.91 Å². The maximum absolute atomic E-state index is 13.0. The van der Waals surface area contributed by atoms with Crippen molar-refractivity contribution in [3.05, 3.63) is 58.7 Å². The molecule has 0 saturated heterocycles. The van der Waals surface area contributed by atoms with Crippen LogP contribution >= 0.6 is 0 Å². The van der Waals surface area contributed by atoms with Gasteiger partial charge < -0.3 is 10.2 Å². The minimum atomic E-state index is -0.135. The third kappa shape index (κ3) is 2.84. The molecule has 118 valence electrons. The Morgan fingerprint density at radius 3 is 2.61 bits per heavy atom. The van der Waals surface area contributed by atoms with E-state index in [1.54, 1.807) is 4.90 Å². The standard InChI is InChI=1S/C19H20N2O2/c1-12-7-8-16(13(2)11-12)19(23)21-10-9-15-5-4-6-17(18(15)21)20-14(3)22/h4-8,11H,9-10H2,1-3H3,(H,20,22). The number of carbonyl (C=O) groups is 2. The normalized spacial score (nSPS) is 12.9. The number of hydrogen-bond donors (Lipinski definition) is 1. The summed E-state index contributed by atoms with van der Waals surface area (Å²) in [6.45, 7) is 6.08. The van der Waals surface area contributed by atoms with E-state index in [1.807, 2.05) is 50.2 Å². The Kier molecular flexibility index (Phi) is 3.90. The molecular formula is C19H20N2O2. The van der Waals surface area contributed by atoms with Crippen molar-refractivity contribution >= 4 is 23.2 Å². The molecule has 1 N–H and O–H groups in total. The molecule has 4 nitrogen and oxygen atoms in total. The number of para-hydroxylation sites is 1. The van der Waals surface area contributed by atoms with E-state index < -0.39 is 0 Å². The number of aryl methyl sites for hydroxylation is 2. The average molecular weight is 308 g/mol. The molecule has 2 amide bonds. The third-order valence-corrected chi connectivity index (χ3v) is 4.16. The fraction of sp³-hybridized carbons (Fsp3) is 0.263. The molecule has 0 radical (unpaired) electrons. The van der Waals surface area contributed by atoms with Crippen LogP contribution in [-0.2, 0) is 11.2 Å². The van der Waals surface area contributed by atoms with E-state index in [9.17, 15) is 9.59 Å². The predicted octanol–water partition coefficient (Wildman–Crippen LogP) is 3.46. The second-order valence-electron chi connectivity index (χ2n) is 6.02. The van der Waals surface area contributed by atoms with E-state index in [4.69, 9.17) is 0 Å². The maximum atomic E-state index is 13.0. The lowest BCUT2D eigenvalue weighted by atomic mass is 10.0. The molecule has 0 fully saturated rings. The summed E-state index contributed by atoms with van der Waals surface area (Å²) < 4.78 is 0. The summed E-state index contributed by atoms with van der Waals surface area (Å²) in [6.07, 6.45) is 0.805. The summed E-state index contributed by atoms with van der Waals surface area (Å²) in [6, 6.07) is 11.6. The summed E-state index contributed by atoms with van der Waals surface area (Å²) in [5.41, 5.74) is 5.44. The van der Waals surface area contributed by atoms with Gasteiger partial charge in [0.1, 0.15) is 0 Å². The first kappa shape index (κ1) is 15.3. The first-order valence-electron chi connectivity index (χ1n) is 7.76. The minimum absolute atomic E-state index is 0.0148. The third-order valence-electron chi connectivity index (χ3n) is 4.16. The molecule has 3 rings (SSSR count). The van der Waals surface area contributed by atoms with Crippen LogP contribution in [0.25, 0.3) is 0 Å². The monoisotopic (exact) mass is 308 g/mol. The molecule has 2 aromatic rings. The molecule has 0 aliphatic carbocycles. The molecule has 1 heterocycles. The molecule has 0 atom stereocenters. The van der Waals surface area contributed by atoms with Crippen molar-refractivity contribution in [3.63, 3.8) is 0 Å². The van der Waals surface area contributed by atoms with Crippen LogP contribution in [0.3, 0.4) is 0 Å². The molecule has 0 aromatic heterocycles. The van der Waals surface area contributed by atoms with Crippen LogP contribution in [0.5, 0.6) is 0 Å². The van der Waals surface area contributed by atoms with Crippen LogP contribution in [-0.4, -0.2) is 18.4 Å². The number of nitrogens with zero attached hydrogens (tertiary/aromatic N) is 1. The quantitative estimate of drug-likeness (QED) is 0.923. The molecular weight excluding hydrogens is 288 g/mol. The van der Waals surface area contributed by atoms with Crippen molar-refractivity contribution in [2.24, 2.45) is 0 Å². The molecule has 0 saturated carbocycles. The number of carbonyl (C=O) groups excluding carboxylic acids is 2. The molecule has 0 spiro atoms. The number of nitrogens with one attached hydrogen (secondary N) is 1. The summed E-state index contributed by atoms with van der Waals surface area (Å²) in [5.74, 6) is -0.150. The number of hydrogen-bond acceptors (Lipinski definition) is 2. The summed E-state index contributed by atoms with van der Waals surface area (Å²) in [7, 11) is 0. The maximum Gasteiger partial charge on any atom is 0.258 e. The van der Waals surface area contributed by atoms with Crippen molar-refractivity contribution in [2.45, 2.75) is 27.2 Å². The zero-order valence-corrected chi connectivity index (χ0v) is 13.6. The Balaban J connectivity index is 2.01. The fourth-order valence-electron chi connectivity index (χ4n) is 3.15. The molecule has 0 unspecified atom stereocenters. The molecule has 1 aliphatic heterocycles. The minimum Gasteiger partial charge on any atom is -0.325 e. The lowest BCUT2D eigenvalue weighted by Gasteiger charge is -2.21. The van der Waals surface area contributed by atoms with E-state index in [0.717, 1.165) is 28.8 Å². The highest BCUT2D eigenvalue weighted by atomic mass is 16.2. The Morgan fingerprint density at radius 1 is 1.13 bits per heavy atom. The van der Waals surface area contributed by atoms with Crippen LogP contribution in [0.15, 0.2) is 36.4 Å². The largest absolute Gasteiger partial charge is 0.325 e. The van der Waals surface area contributed by atoms with Gasteiger partial charge in [0.15, 0.2) is 0 Å². The summed E-state index contributed by atoms with van der Waals surface area (Å²) in [4.78, 5) is 26.2. The van der Waals surface area contributed by atoms with Gasteiger partial charge in [-0.15, -0.1) is 0 Å². The van der Waals surface area contributed by atoms with E-state index >= 15 is 0 Å². The number of anilines is 2. The Morgan fingerprint density at radius 2 is 1.91 bits per heavy atom. The molecule has 23 heavy (non-hydrogen) atoms. The van der Waals surface area contributed by atoms with Crippen LogP contribution < -0.4 is 10.2 Å². The summed E-state index contributed by atoms with van der Waals surface area (Å²) >= 11 is 0. The molecule has 1 aliphatic rings. The van der Waals surface area contributed by atoms with Crippen molar-refractivity contribution in [1.29, 1.82) is 0 Å². The van der Waals surface area contributed by atoms with Gasteiger partial charge in [-0.05, 0) is 43.5 Å². The van der Waals surface area contributed by atoms with Crippen LogP contribution in [0.1, 0.15) is 34.0 Å². The Bertz CT molecular complexity index is 796. The lowest BCUT2D eigenvalue weighted by Crippen LogP contribution is -2.30. The van der Waals surface area contributed by atoms with Crippen LogP contribution in [0, 0.1) is 13.8 Å². The van der Waals surface area contributed by atoms with Gasteiger partial charge in [-0.2, -0.15) is 0 Å². The smallest absolute Gasteiger partial charge is 0.258 e. The van der Waals surface area contributed by atoms with Gasteiger partial charge in [-0.3, -0.25) is 9.59 Å². The fourth-order valence-corrected chi connectivity index (χ4v) is 3.15. The zero-order chi connectivity index (χ0) is 16.6. The lowest BCUT2D eigenvalue weighted by molar-refractivity contribution is -0.114. The van der Waals surface area contributed by atoms with E-state index in [-0.39, 0.29) is 11.8 Å². The second kappa shape index (κ2) is 5.88. The molecule has 4 heteroatoms. The average Bonchev–Trinajstić information content (AvgIpc) is 2.91. The molecule has 2 aromatic carbocycles. The van der Waals surface area contributed by atoms with Crippen molar-refractivity contribution in [1.82, 2.24) is 0 Å². The highest BCUT2D eigenvalue weighted by Crippen LogP contribution is 2.36. The Labute approximate surface area is 136 Å². The number of fused-ring (bicyclic) bond motifs is 1. The number of amides is 2. The van der Waals surface area contributed by atoms with Gasteiger partial charge in [0.05, 0.1) is 11.4 Å². The first-order chi connectivity index (χ1) is 11.0. The summed E-state index contributed by atoms with van der Waals surface area (Å²) in [5, 5.41) is 2.83. The first-order valence-corrected chi connectivity index (χ1v) is 7.76. The van der Waals surface area contributed by atoms with Crippen molar-refractivity contribution < 1.29 is 9.59 Å². The van der Waals surface area contributed by atoms with Crippen molar-refractivity contribution in [3.8, 4) is 0 Å². The number of benzene rings is 2. The zero-order valence-electron chi connectivity index (χ0n) is 13.6. The van der Waals surface area contributed by atoms with Crippen molar-refractivity contribution in [2.75, 3.05) is 16.8 Å². The second-order valence-corrected chi connectivity index (χ2v) is 6.02. The van der Waals surface area contributed by atoms with Gasteiger partial charge in [-0.25, -0.2) is 0 Å². The van der Waals surface area contributed by atoms with Gasteiger partial charge in [0.25, 0.3) is 5.91 Å². The van der Waals surface area contributed by atoms with Gasteiger partial charge in [0, 0.05) is 19.0 Å². The predicted molar refractivity (Wildman–Crippen MR) is 92.0 cm³/mol. The Hall–Kier alpha value is -2.62. The highest BCUT2D eigenvalue weighted by Gasteiger charge is 2.29. The highest BCUT2D eigenvalue weighted by molar-refractivity contribution is 6.11. The van der Waals surface area contributed by atoms with Crippen LogP contribution in [0.2, 0.25) is 0 Å². The van der Waals surface area contributed by atoms with E-state index in [0.29, 0.717) is 17.8 Å². The van der Waals surface area contributed by atoms with Gasteiger partial charge in [-0.1, -0.05) is 29.8 Å². The number of rotatable bonds is 2. The molecule has 0 bridgehead atoms.